The third kappa shape index (κ3) is 13.9. The van der Waals surface area contributed by atoms with E-state index in [0.717, 1.165) is 43.1 Å². The summed E-state index contributed by atoms with van der Waals surface area (Å²) in [7, 11) is 13.5. The molecule has 69 heavy (non-hydrogen) atoms. The number of halogens is 1. The fourth-order valence-electron chi connectivity index (χ4n) is 6.36. The maximum absolute atomic E-state index is 5.97. The van der Waals surface area contributed by atoms with Crippen LogP contribution in [0.15, 0.2) is 87.8 Å². The summed E-state index contributed by atoms with van der Waals surface area (Å²) in [6.45, 7) is 13.7. The molecule has 21 nitrogen and oxygen atoms in total. The number of furan rings is 2. The van der Waals surface area contributed by atoms with Crippen LogP contribution in [-0.4, -0.2) is 145 Å². The van der Waals surface area contributed by atoms with Crippen molar-refractivity contribution < 1.29 is 66.8 Å². The van der Waals surface area contributed by atoms with E-state index >= 15 is 0 Å². The molecule has 3 N–H and O–H groups in total. The Labute approximate surface area is 427 Å². The van der Waals surface area contributed by atoms with Gasteiger partial charge in [-0.25, -0.2) is 15.0 Å². The summed E-state index contributed by atoms with van der Waals surface area (Å²) in [5, 5.41) is 6.48. The Hall–Kier alpha value is -6.33. The van der Waals surface area contributed by atoms with Crippen LogP contribution in [0.5, 0.6) is 34.5 Å². The van der Waals surface area contributed by atoms with Gasteiger partial charge in [0.15, 0.2) is 40.2 Å². The minimum Gasteiger partial charge on any atom is -0.493 e. The van der Waals surface area contributed by atoms with Crippen LogP contribution in [0.4, 0.5) is 17.5 Å². The van der Waals surface area contributed by atoms with Crippen LogP contribution in [0.2, 0.25) is 5.28 Å². The molecule has 6 aromatic heterocycles. The largest absolute Gasteiger partial charge is 1.00 e. The van der Waals surface area contributed by atoms with Crippen molar-refractivity contribution in [3.05, 3.63) is 105 Å². The molecule has 0 radical (unpaired) electrons. The van der Waals surface area contributed by atoms with Crippen LogP contribution < -0.4 is 74.1 Å². The summed E-state index contributed by atoms with van der Waals surface area (Å²) < 4.78 is 46.7. The van der Waals surface area contributed by atoms with Crippen molar-refractivity contribution in [1.29, 1.82) is 0 Å². The van der Waals surface area contributed by atoms with Crippen molar-refractivity contribution in [2.24, 2.45) is 4.99 Å². The van der Waals surface area contributed by atoms with E-state index in [0.29, 0.717) is 74.1 Å². The second-order valence-corrected chi connectivity index (χ2v) is 14.8. The van der Waals surface area contributed by atoms with Gasteiger partial charge in [0.05, 0.1) is 90.0 Å². The number of piperazine rings is 1. The van der Waals surface area contributed by atoms with Gasteiger partial charge in [-0.15, -0.1) is 13.1 Å². The fourth-order valence-corrected chi connectivity index (χ4v) is 6.53. The Balaban J connectivity index is 0.000000202. The first kappa shape index (κ1) is 53.6. The smallest absolute Gasteiger partial charge is 0.493 e. The number of imidazole rings is 2. The second kappa shape index (κ2) is 26.4. The Morgan fingerprint density at radius 2 is 1.33 bits per heavy atom. The first-order valence-corrected chi connectivity index (χ1v) is 21.4. The van der Waals surface area contributed by atoms with Crippen molar-refractivity contribution in [1.82, 2.24) is 54.2 Å². The van der Waals surface area contributed by atoms with Gasteiger partial charge in [-0.3, -0.25) is 4.99 Å². The van der Waals surface area contributed by atoms with Crippen molar-refractivity contribution in [2.75, 3.05) is 101 Å². The zero-order chi connectivity index (χ0) is 48.6. The standard InChI is InChI=1S/C18H16ClN5O4.C18H16N5O4.C5H12N2.C5H11N.Na/c1-25-12-6-10(7-13(26-2)16(12)27-3)24-8-14(20-9-24)22-17-15-11(4-5-28-15)21-18(19)23-17;1-24-13-6-11(7-14(25-2)17(13)26-3)23-8-15(21-10-23)22-18-16-12(4-5-27-16)19-9-20-18;1-7-4-2-6-3-5-7;1-4-6(3)5-2;/h4-9H,1-3H3,(H,21,22,23);4-8,10H,1-3H3,(H,19,20,22);6H,2-5H2,1H3;1-2,4-5H2,3H3;/q;-1;;-2;+1. The third-order valence-corrected chi connectivity index (χ3v) is 10.3. The van der Waals surface area contributed by atoms with Gasteiger partial charge in [0.25, 0.3) is 0 Å². The second-order valence-electron chi connectivity index (χ2n) is 14.5. The number of fused-ring (bicyclic) bond motifs is 2. The van der Waals surface area contributed by atoms with Crippen molar-refractivity contribution in [3.63, 3.8) is 0 Å². The average molecular weight is 976 g/mol. The third-order valence-electron chi connectivity index (χ3n) is 10.1. The summed E-state index contributed by atoms with van der Waals surface area (Å²) in [6.07, 6.45) is 12.6. The number of aromatic nitrogens is 8. The van der Waals surface area contributed by atoms with Crippen LogP contribution in [0.1, 0.15) is 0 Å². The number of rotatable bonds is 13. The Bertz CT molecular complexity index is 2860. The molecule has 7 heterocycles. The van der Waals surface area contributed by atoms with Crippen LogP contribution in [0.3, 0.4) is 0 Å². The van der Waals surface area contributed by atoms with E-state index in [2.05, 4.69) is 77.7 Å². The molecule has 1 saturated heterocycles. The summed E-state index contributed by atoms with van der Waals surface area (Å²) in [5.41, 5.74) is 4.34. The minimum absolute atomic E-state index is 0. The maximum Gasteiger partial charge on any atom is 1.00 e. The predicted octanol–water partition coefficient (Wildman–Crippen LogP) is 3.34. The summed E-state index contributed by atoms with van der Waals surface area (Å²) in [6, 6.07) is 10.8. The molecular formula is C46H55ClN13NaO8-2. The number of nitrogens with one attached hydrogen (secondary N) is 3. The van der Waals surface area contributed by atoms with E-state index in [1.807, 2.05) is 36.2 Å². The van der Waals surface area contributed by atoms with Crippen molar-refractivity contribution in [2.45, 2.75) is 0 Å². The molecule has 0 bridgehead atoms. The number of aromatic amines is 1. The molecule has 362 valence electrons. The van der Waals surface area contributed by atoms with E-state index in [1.165, 1.54) is 19.4 Å². The number of nitrogens with zero attached hydrogens (tertiary/aromatic N) is 10. The van der Waals surface area contributed by atoms with Gasteiger partial charge in [0, 0.05) is 62.8 Å². The molecule has 0 amide bonds. The first-order valence-electron chi connectivity index (χ1n) is 21.0. The van der Waals surface area contributed by atoms with Gasteiger partial charge >= 0.3 is 29.6 Å². The van der Waals surface area contributed by atoms with Gasteiger partial charge in [-0.05, 0) is 31.2 Å². The van der Waals surface area contributed by atoms with E-state index in [9.17, 15) is 0 Å². The Morgan fingerprint density at radius 3 is 1.86 bits per heavy atom. The molecular weight excluding hydrogens is 921 g/mol. The summed E-state index contributed by atoms with van der Waals surface area (Å²) in [5.74, 6) is 4.65. The van der Waals surface area contributed by atoms with Gasteiger partial charge in [-0.1, -0.05) is 6.07 Å². The fraction of sp³-hybridized carbons (Fsp3) is 0.304. The quantitative estimate of drug-likeness (QED) is 0.0859. The van der Waals surface area contributed by atoms with Gasteiger partial charge in [0.2, 0.25) is 16.8 Å². The van der Waals surface area contributed by atoms with E-state index in [1.54, 1.807) is 95.2 Å². The Morgan fingerprint density at radius 1 is 0.783 bits per heavy atom. The first-order chi connectivity index (χ1) is 33.1. The van der Waals surface area contributed by atoms with Crippen molar-refractivity contribution in [3.8, 4) is 45.9 Å². The Kier molecular flexibility index (Phi) is 20.5. The molecule has 1 aliphatic heterocycles. The van der Waals surface area contributed by atoms with Crippen LogP contribution in [-0.2, 0) is 0 Å². The normalized spacial score (nSPS) is 12.4. The predicted molar refractivity (Wildman–Crippen MR) is 258 cm³/mol. The number of methoxy groups -OCH3 is 6. The van der Waals surface area contributed by atoms with Crippen LogP contribution in [0, 0.1) is 20.2 Å². The zero-order valence-electron chi connectivity index (χ0n) is 40.2. The molecule has 0 aliphatic carbocycles. The number of H-pyrrole nitrogens is 1. The molecule has 0 unspecified atom stereocenters. The van der Waals surface area contributed by atoms with Crippen LogP contribution >= 0.6 is 11.6 Å². The van der Waals surface area contributed by atoms with Crippen LogP contribution in [0.25, 0.3) is 33.6 Å². The molecule has 1 aliphatic rings. The number of likely N-dealkylation sites (N-methyl/N-ethyl adjacent to an activating group) is 1. The monoisotopic (exact) mass is 975 g/mol. The number of anilines is 2. The number of benzene rings is 2. The van der Waals surface area contributed by atoms with E-state index in [4.69, 9.17) is 48.9 Å². The average Bonchev–Trinajstić information content (AvgIpc) is 4.23. The molecule has 2 aromatic carbocycles. The van der Waals surface area contributed by atoms with Gasteiger partial charge in [-0.2, -0.15) is 4.98 Å². The maximum atomic E-state index is 5.97. The molecule has 0 atom stereocenters. The molecule has 23 heteroatoms. The number of hydrogen-bond acceptors (Lipinski definition) is 18. The van der Waals surface area contributed by atoms with Crippen molar-refractivity contribution >= 4 is 51.3 Å². The van der Waals surface area contributed by atoms with E-state index < -0.39 is 0 Å². The summed E-state index contributed by atoms with van der Waals surface area (Å²) in [4.78, 5) is 32.7. The summed E-state index contributed by atoms with van der Waals surface area (Å²) >= 11 is 5.97. The molecule has 0 spiro atoms. The topological polar surface area (TPSA) is 215 Å². The minimum atomic E-state index is 0. The molecule has 9 rings (SSSR count). The molecule has 8 aromatic rings. The van der Waals surface area contributed by atoms with Gasteiger partial charge < -0.3 is 90.6 Å². The number of hydrogen-bond donors (Lipinski definition) is 3. The zero-order valence-corrected chi connectivity index (χ0v) is 43.0. The number of ether oxygens (including phenoxy) is 6. The molecule has 0 saturated carbocycles. The van der Waals surface area contributed by atoms with Gasteiger partial charge in [0.1, 0.15) is 24.0 Å². The molecule has 1 fully saturated rings. The van der Waals surface area contributed by atoms with E-state index in [-0.39, 0.29) is 34.8 Å². The SMILES string of the molecule is CN1CCNCC1.COc1cc(-n2cnc(N=c3n[c-][nH]c4ccoc34)c2)cc(OC)c1OC.COc1cc(-n2cnc(Nc3nc(Cl)nc4ccoc34)c2)cc(OC)c1OC.[CH2-]CN(C)C[CH2-].[Na+].